The van der Waals surface area contributed by atoms with E-state index in [1.54, 1.807) is 0 Å². The summed E-state index contributed by atoms with van der Waals surface area (Å²) in [6.45, 7) is 0. The second-order valence-electron chi connectivity index (χ2n) is 14.1. The van der Waals surface area contributed by atoms with E-state index in [0.717, 1.165) is 5.69 Å². The molecule has 0 saturated heterocycles. The molecule has 52 heavy (non-hydrogen) atoms. The van der Waals surface area contributed by atoms with E-state index in [-0.39, 0.29) is 0 Å². The van der Waals surface area contributed by atoms with Gasteiger partial charge in [-0.25, -0.2) is 0 Å². The van der Waals surface area contributed by atoms with Crippen LogP contribution < -0.4 is 0 Å². The van der Waals surface area contributed by atoms with Crippen molar-refractivity contribution < 1.29 is 0 Å². The van der Waals surface area contributed by atoms with Crippen molar-refractivity contribution in [1.29, 1.82) is 0 Å². The molecule has 0 amide bonds. The molecule has 13 aromatic rings. The molecule has 5 heterocycles. The van der Waals surface area contributed by atoms with Gasteiger partial charge in [0.1, 0.15) is 0 Å². The van der Waals surface area contributed by atoms with E-state index < -0.39 is 0 Å². The molecular weight excluding hydrogens is 633 g/mol. The van der Waals surface area contributed by atoms with Crippen LogP contribution in [0.3, 0.4) is 0 Å². The molecule has 0 fully saturated rings. The summed E-state index contributed by atoms with van der Waals surface area (Å²) in [6, 6.07) is 62.6. The zero-order chi connectivity index (χ0) is 33.7. The number of hydrogen-bond acceptors (Lipinski definition) is 0. The lowest BCUT2D eigenvalue weighted by atomic mass is 10.1. The Labute approximate surface area is 296 Å². The maximum Gasteiger partial charge on any atom is 0.0620 e. The van der Waals surface area contributed by atoms with E-state index in [2.05, 4.69) is 188 Å². The highest BCUT2D eigenvalue weighted by Gasteiger charge is 2.26. The van der Waals surface area contributed by atoms with Gasteiger partial charge in [-0.05, 0) is 84.9 Å². The lowest BCUT2D eigenvalue weighted by molar-refractivity contribution is 1.16. The first-order valence-corrected chi connectivity index (χ1v) is 18.0. The maximum absolute atomic E-state index is 2.50. The van der Waals surface area contributed by atoms with Gasteiger partial charge in [0.25, 0.3) is 0 Å². The van der Waals surface area contributed by atoms with Gasteiger partial charge in [0, 0.05) is 60.2 Å². The number of aromatic nitrogens is 4. The summed E-state index contributed by atoms with van der Waals surface area (Å²) >= 11 is 0. The lowest BCUT2D eigenvalue weighted by Gasteiger charge is -2.13. The van der Waals surface area contributed by atoms with E-state index >= 15 is 0 Å². The minimum Gasteiger partial charge on any atom is -0.309 e. The van der Waals surface area contributed by atoms with Gasteiger partial charge in [0.15, 0.2) is 0 Å². The fourth-order valence-corrected chi connectivity index (χ4v) is 9.71. The highest BCUT2D eigenvalue weighted by Crippen LogP contribution is 2.48. The standard InChI is InChI=1S/C48H28N4/c1-3-12-29(13-4-1)49-38-20-10-22-40-44(38)46-42(50(40)30-14-5-2-6-15-30)26-27-43-47(46)45-39(49)21-11-23-41(45)51(43)31-24-25-37-35(28-31)34-18-9-17-33-32-16-7-8-19-36(32)52(37)48(33)34/h1-28H. The average molecular weight is 661 g/mol. The van der Waals surface area contributed by atoms with Crippen LogP contribution in [0.1, 0.15) is 0 Å². The predicted molar refractivity (Wildman–Crippen MR) is 218 cm³/mol. The van der Waals surface area contributed by atoms with E-state index in [4.69, 9.17) is 0 Å². The molecule has 0 radical (unpaired) electrons. The Morgan fingerprint density at radius 1 is 0.250 bits per heavy atom. The Bertz CT molecular complexity index is 3560. The zero-order valence-corrected chi connectivity index (χ0v) is 28.0. The van der Waals surface area contributed by atoms with Crippen molar-refractivity contribution in [2.75, 3.05) is 0 Å². The number of nitrogens with zero attached hydrogens (tertiary/aromatic N) is 4. The van der Waals surface area contributed by atoms with E-state index in [1.807, 2.05) is 0 Å². The number of fused-ring (bicyclic) bond motifs is 6. The summed E-state index contributed by atoms with van der Waals surface area (Å²) in [5.41, 5.74) is 14.5. The van der Waals surface area contributed by atoms with Gasteiger partial charge >= 0.3 is 0 Å². The number of rotatable bonds is 3. The van der Waals surface area contributed by atoms with Gasteiger partial charge in [0.2, 0.25) is 0 Å². The smallest absolute Gasteiger partial charge is 0.0620 e. The first kappa shape index (κ1) is 26.8. The molecule has 0 bridgehead atoms. The van der Waals surface area contributed by atoms with Crippen molar-refractivity contribution in [3.63, 3.8) is 0 Å². The average Bonchev–Trinajstić information content (AvgIpc) is 3.91. The molecule has 0 saturated carbocycles. The SMILES string of the molecule is c1ccc(-n2c3ccc4c5c3c3c2cccc3n(-c2ccccc2)c2cccc(c52)n4-c2ccc3c(c2)c2cccc4c5ccccc5n3c42)cc1. The summed E-state index contributed by atoms with van der Waals surface area (Å²) in [7, 11) is 0. The van der Waals surface area contributed by atoms with Crippen LogP contribution in [-0.4, -0.2) is 18.1 Å². The van der Waals surface area contributed by atoms with Crippen molar-refractivity contribution in [3.8, 4) is 17.1 Å². The monoisotopic (exact) mass is 660 g/mol. The van der Waals surface area contributed by atoms with E-state index in [1.165, 1.54) is 104 Å². The summed E-state index contributed by atoms with van der Waals surface area (Å²) in [5, 5.41) is 10.3. The Morgan fingerprint density at radius 3 is 1.25 bits per heavy atom. The predicted octanol–water partition coefficient (Wildman–Crippen LogP) is 12.4. The molecule has 0 N–H and O–H groups in total. The van der Waals surface area contributed by atoms with Gasteiger partial charge in [-0.3, -0.25) is 0 Å². The minimum atomic E-state index is 1.15. The van der Waals surface area contributed by atoms with Crippen LogP contribution in [0.15, 0.2) is 170 Å². The molecule has 5 aromatic heterocycles. The first-order valence-electron chi connectivity index (χ1n) is 18.0. The molecule has 0 aliphatic rings. The number of hydrogen-bond donors (Lipinski definition) is 0. The Balaban J connectivity index is 1.23. The third-order valence-electron chi connectivity index (χ3n) is 11.6. The van der Waals surface area contributed by atoms with Crippen molar-refractivity contribution in [3.05, 3.63) is 170 Å². The van der Waals surface area contributed by atoms with Crippen molar-refractivity contribution in [1.82, 2.24) is 18.1 Å². The van der Waals surface area contributed by atoms with Crippen LogP contribution in [0, 0.1) is 0 Å². The third-order valence-corrected chi connectivity index (χ3v) is 11.6. The highest BCUT2D eigenvalue weighted by atomic mass is 15.0. The minimum absolute atomic E-state index is 1.15. The second-order valence-corrected chi connectivity index (χ2v) is 14.1. The highest BCUT2D eigenvalue weighted by molar-refractivity contribution is 6.35. The Hall–Kier alpha value is -7.04. The van der Waals surface area contributed by atoms with Crippen LogP contribution in [0.5, 0.6) is 0 Å². The molecule has 0 unspecified atom stereocenters. The fourth-order valence-electron chi connectivity index (χ4n) is 9.71. The van der Waals surface area contributed by atoms with Crippen molar-refractivity contribution in [2.24, 2.45) is 0 Å². The Kier molecular flexibility index (Phi) is 4.83. The quantitative estimate of drug-likeness (QED) is 0.180. The van der Waals surface area contributed by atoms with E-state index in [9.17, 15) is 0 Å². The van der Waals surface area contributed by atoms with Crippen molar-refractivity contribution >= 4 is 92.7 Å². The molecular formula is C48H28N4. The Morgan fingerprint density at radius 2 is 0.654 bits per heavy atom. The van der Waals surface area contributed by atoms with Gasteiger partial charge in [-0.1, -0.05) is 84.9 Å². The summed E-state index contributed by atoms with van der Waals surface area (Å²) < 4.78 is 9.89. The molecule has 4 heteroatoms. The van der Waals surface area contributed by atoms with Crippen LogP contribution >= 0.6 is 0 Å². The van der Waals surface area contributed by atoms with Gasteiger partial charge in [-0.2, -0.15) is 0 Å². The zero-order valence-electron chi connectivity index (χ0n) is 28.0. The number of para-hydroxylation sites is 4. The van der Waals surface area contributed by atoms with Crippen LogP contribution in [0.4, 0.5) is 0 Å². The second kappa shape index (κ2) is 9.39. The van der Waals surface area contributed by atoms with Gasteiger partial charge < -0.3 is 18.1 Å². The summed E-state index contributed by atoms with van der Waals surface area (Å²) in [5.74, 6) is 0. The molecule has 240 valence electrons. The van der Waals surface area contributed by atoms with Crippen LogP contribution in [0.25, 0.3) is 110 Å². The molecule has 0 aliphatic heterocycles. The normalized spacial score (nSPS) is 12.6. The maximum atomic E-state index is 2.50. The van der Waals surface area contributed by atoms with Crippen molar-refractivity contribution in [2.45, 2.75) is 0 Å². The molecule has 0 atom stereocenters. The largest absolute Gasteiger partial charge is 0.309 e. The van der Waals surface area contributed by atoms with Gasteiger partial charge in [0.05, 0.1) is 49.7 Å². The number of benzene rings is 8. The molecule has 4 nitrogen and oxygen atoms in total. The van der Waals surface area contributed by atoms with Crippen LogP contribution in [-0.2, 0) is 0 Å². The summed E-state index contributed by atoms with van der Waals surface area (Å²) in [6.07, 6.45) is 0. The molecule has 8 aromatic carbocycles. The third kappa shape index (κ3) is 3.11. The molecule has 13 rings (SSSR count). The summed E-state index contributed by atoms with van der Waals surface area (Å²) in [4.78, 5) is 0. The topological polar surface area (TPSA) is 19.2 Å². The van der Waals surface area contributed by atoms with E-state index in [0.29, 0.717) is 0 Å². The lowest BCUT2D eigenvalue weighted by Crippen LogP contribution is -1.98. The molecule has 0 spiro atoms. The first-order chi connectivity index (χ1) is 25.8. The van der Waals surface area contributed by atoms with Crippen LogP contribution in [0.2, 0.25) is 0 Å². The fraction of sp³-hybridized carbons (Fsp3) is 0. The van der Waals surface area contributed by atoms with Gasteiger partial charge in [-0.15, -0.1) is 0 Å². The molecule has 0 aliphatic carbocycles.